The van der Waals surface area contributed by atoms with Crippen LogP contribution in [0.15, 0.2) is 48.5 Å². The highest BCUT2D eigenvalue weighted by atomic mass is 35.5. The zero-order valence-corrected chi connectivity index (χ0v) is 16.9. The summed E-state index contributed by atoms with van der Waals surface area (Å²) in [6.45, 7) is 5.85. The number of halogens is 2. The molecule has 0 aromatic heterocycles. The quantitative estimate of drug-likeness (QED) is 0.522. The van der Waals surface area contributed by atoms with Crippen LogP contribution >= 0.6 is 24.0 Å². The smallest absolute Gasteiger partial charge is 0.127 e. The second-order valence-electron chi connectivity index (χ2n) is 6.07. The SMILES string of the molecule is CCN(CCO)CCCCCOc1ccc(Cl)cc1-c1ccccc1.Cl. The van der Waals surface area contributed by atoms with Crippen LogP contribution in [0.5, 0.6) is 5.75 Å². The van der Waals surface area contributed by atoms with E-state index in [2.05, 4.69) is 24.0 Å². The Morgan fingerprint density at radius 2 is 1.77 bits per heavy atom. The Bertz CT molecular complexity index is 623. The van der Waals surface area contributed by atoms with Crippen LogP contribution in [0.25, 0.3) is 11.1 Å². The Morgan fingerprint density at radius 3 is 2.46 bits per heavy atom. The molecule has 5 heteroatoms. The summed E-state index contributed by atoms with van der Waals surface area (Å²) in [7, 11) is 0. The van der Waals surface area contributed by atoms with E-state index < -0.39 is 0 Å². The molecule has 0 aliphatic rings. The molecular formula is C21H29Cl2NO2. The van der Waals surface area contributed by atoms with E-state index in [9.17, 15) is 0 Å². The van der Waals surface area contributed by atoms with Crippen molar-refractivity contribution in [2.24, 2.45) is 0 Å². The maximum absolute atomic E-state index is 9.00. The lowest BCUT2D eigenvalue weighted by atomic mass is 10.0. The van der Waals surface area contributed by atoms with Crippen molar-refractivity contribution < 1.29 is 9.84 Å². The predicted molar refractivity (Wildman–Crippen MR) is 113 cm³/mol. The van der Waals surface area contributed by atoms with Crippen LogP contribution in [0.2, 0.25) is 5.02 Å². The zero-order chi connectivity index (χ0) is 17.9. The fraction of sp³-hybridized carbons (Fsp3) is 0.429. The molecule has 0 unspecified atom stereocenters. The Morgan fingerprint density at radius 1 is 1.00 bits per heavy atom. The molecule has 0 amide bonds. The fourth-order valence-corrected chi connectivity index (χ4v) is 3.01. The van der Waals surface area contributed by atoms with Crippen molar-refractivity contribution in [3.63, 3.8) is 0 Å². The van der Waals surface area contributed by atoms with Crippen LogP contribution in [0.3, 0.4) is 0 Å². The van der Waals surface area contributed by atoms with Crippen LogP contribution in [0, 0.1) is 0 Å². The van der Waals surface area contributed by atoms with E-state index in [1.165, 1.54) is 0 Å². The van der Waals surface area contributed by atoms with Crippen molar-refractivity contribution in [2.75, 3.05) is 32.8 Å². The average Bonchev–Trinajstić information content (AvgIpc) is 2.65. The van der Waals surface area contributed by atoms with E-state index in [0.29, 0.717) is 6.61 Å². The number of benzene rings is 2. The minimum absolute atomic E-state index is 0. The minimum Gasteiger partial charge on any atom is -0.493 e. The highest BCUT2D eigenvalue weighted by Crippen LogP contribution is 2.32. The van der Waals surface area contributed by atoms with Crippen molar-refractivity contribution in [3.8, 4) is 16.9 Å². The van der Waals surface area contributed by atoms with Crippen LogP contribution in [0.1, 0.15) is 26.2 Å². The molecule has 3 nitrogen and oxygen atoms in total. The van der Waals surface area contributed by atoms with Gasteiger partial charge in [0.2, 0.25) is 0 Å². The number of ether oxygens (including phenoxy) is 1. The van der Waals surface area contributed by atoms with Gasteiger partial charge in [-0.2, -0.15) is 0 Å². The lowest BCUT2D eigenvalue weighted by molar-refractivity contribution is 0.198. The van der Waals surface area contributed by atoms with Gasteiger partial charge in [-0.3, -0.25) is 0 Å². The zero-order valence-electron chi connectivity index (χ0n) is 15.4. The number of aliphatic hydroxyl groups is 1. The molecule has 0 bridgehead atoms. The largest absolute Gasteiger partial charge is 0.493 e. The molecule has 2 aromatic carbocycles. The first-order chi connectivity index (χ1) is 12.2. The van der Waals surface area contributed by atoms with Gasteiger partial charge < -0.3 is 14.7 Å². The minimum atomic E-state index is 0. The van der Waals surface area contributed by atoms with E-state index >= 15 is 0 Å². The molecule has 26 heavy (non-hydrogen) atoms. The van der Waals surface area contributed by atoms with Gasteiger partial charge in [-0.15, -0.1) is 12.4 Å². The number of unbranched alkanes of at least 4 members (excludes halogenated alkanes) is 2. The molecule has 2 aromatic rings. The number of hydrogen-bond donors (Lipinski definition) is 1. The van der Waals surface area contributed by atoms with E-state index in [1.807, 2.05) is 36.4 Å². The fourth-order valence-electron chi connectivity index (χ4n) is 2.84. The third-order valence-corrected chi connectivity index (χ3v) is 4.50. The van der Waals surface area contributed by atoms with Gasteiger partial charge in [-0.1, -0.05) is 48.9 Å². The first-order valence-corrected chi connectivity index (χ1v) is 9.43. The first-order valence-electron chi connectivity index (χ1n) is 9.05. The van der Waals surface area contributed by atoms with Crippen LogP contribution in [-0.2, 0) is 0 Å². The maximum Gasteiger partial charge on any atom is 0.127 e. The van der Waals surface area contributed by atoms with E-state index in [0.717, 1.165) is 60.8 Å². The molecule has 0 aliphatic carbocycles. The highest BCUT2D eigenvalue weighted by Gasteiger charge is 2.07. The topological polar surface area (TPSA) is 32.7 Å². The van der Waals surface area contributed by atoms with Gasteiger partial charge in [0.05, 0.1) is 13.2 Å². The molecule has 1 N–H and O–H groups in total. The van der Waals surface area contributed by atoms with Gasteiger partial charge >= 0.3 is 0 Å². The van der Waals surface area contributed by atoms with Gasteiger partial charge in [0.15, 0.2) is 0 Å². The summed E-state index contributed by atoms with van der Waals surface area (Å²) in [6, 6.07) is 16.0. The van der Waals surface area contributed by atoms with Crippen molar-refractivity contribution in [1.82, 2.24) is 4.90 Å². The predicted octanol–water partition coefficient (Wildman–Crippen LogP) is 5.29. The Kier molecular flexibility index (Phi) is 11.4. The molecule has 0 atom stereocenters. The molecule has 144 valence electrons. The molecular weight excluding hydrogens is 369 g/mol. The Hall–Kier alpha value is -1.26. The lowest BCUT2D eigenvalue weighted by Gasteiger charge is -2.18. The van der Waals surface area contributed by atoms with Gasteiger partial charge in [0.1, 0.15) is 5.75 Å². The summed E-state index contributed by atoms with van der Waals surface area (Å²) in [4.78, 5) is 2.27. The molecule has 0 fully saturated rings. The molecule has 2 rings (SSSR count). The summed E-state index contributed by atoms with van der Waals surface area (Å²) in [6.07, 6.45) is 3.27. The molecule has 0 aliphatic heterocycles. The van der Waals surface area contributed by atoms with Crippen LogP contribution in [0.4, 0.5) is 0 Å². The number of rotatable bonds is 11. The maximum atomic E-state index is 9.00. The van der Waals surface area contributed by atoms with Gasteiger partial charge in [-0.05, 0) is 56.1 Å². The number of hydrogen-bond acceptors (Lipinski definition) is 3. The number of aliphatic hydroxyl groups excluding tert-OH is 1. The van der Waals surface area contributed by atoms with Crippen LogP contribution in [-0.4, -0.2) is 42.9 Å². The summed E-state index contributed by atoms with van der Waals surface area (Å²) in [5, 5.41) is 9.72. The summed E-state index contributed by atoms with van der Waals surface area (Å²) in [5.41, 5.74) is 2.15. The Balaban J connectivity index is 0.00000338. The van der Waals surface area contributed by atoms with E-state index in [4.69, 9.17) is 21.4 Å². The monoisotopic (exact) mass is 397 g/mol. The van der Waals surface area contributed by atoms with Gasteiger partial charge in [-0.25, -0.2) is 0 Å². The molecule has 0 spiro atoms. The second kappa shape index (κ2) is 13.0. The Labute approximate surface area is 168 Å². The summed E-state index contributed by atoms with van der Waals surface area (Å²) in [5.74, 6) is 0.881. The summed E-state index contributed by atoms with van der Waals surface area (Å²) < 4.78 is 6.02. The van der Waals surface area contributed by atoms with Crippen molar-refractivity contribution in [3.05, 3.63) is 53.6 Å². The third-order valence-electron chi connectivity index (χ3n) is 4.27. The molecule has 0 radical (unpaired) electrons. The molecule has 0 heterocycles. The third kappa shape index (κ3) is 7.55. The molecule has 0 saturated carbocycles. The summed E-state index contributed by atoms with van der Waals surface area (Å²) >= 11 is 6.16. The van der Waals surface area contributed by atoms with Gasteiger partial charge in [0.25, 0.3) is 0 Å². The molecule has 0 saturated heterocycles. The highest BCUT2D eigenvalue weighted by molar-refractivity contribution is 6.31. The van der Waals surface area contributed by atoms with Crippen molar-refractivity contribution >= 4 is 24.0 Å². The van der Waals surface area contributed by atoms with Crippen molar-refractivity contribution in [2.45, 2.75) is 26.2 Å². The van der Waals surface area contributed by atoms with E-state index in [-0.39, 0.29) is 19.0 Å². The van der Waals surface area contributed by atoms with E-state index in [1.54, 1.807) is 0 Å². The van der Waals surface area contributed by atoms with Crippen molar-refractivity contribution in [1.29, 1.82) is 0 Å². The standard InChI is InChI=1S/C21H28ClNO2.ClH/c1-2-23(14-15-24)13-7-4-8-16-25-21-12-11-19(22)17-20(21)18-9-5-3-6-10-18;/h3,5-6,9-12,17,24H,2,4,7-8,13-16H2,1H3;1H. The van der Waals surface area contributed by atoms with Crippen LogP contribution < -0.4 is 4.74 Å². The lowest BCUT2D eigenvalue weighted by Crippen LogP contribution is -2.27. The van der Waals surface area contributed by atoms with Gasteiger partial charge in [0, 0.05) is 17.1 Å². The first kappa shape index (κ1) is 22.8. The number of likely N-dealkylation sites (N-methyl/N-ethyl adjacent to an activating group) is 1. The average molecular weight is 398 g/mol. The number of nitrogens with zero attached hydrogens (tertiary/aromatic N) is 1. The second-order valence-corrected chi connectivity index (χ2v) is 6.51. The normalized spacial score (nSPS) is 10.6.